The average molecular weight is 254 g/mol. The molecule has 1 fully saturated rings. The van der Waals surface area contributed by atoms with Crippen LogP contribution in [0, 0.1) is 0 Å². The largest absolute Gasteiger partial charge is 0.479 e. The number of carboxylic acids is 1. The number of alkyl halides is 3. The van der Waals surface area contributed by atoms with Gasteiger partial charge in [-0.05, 0) is 26.2 Å². The van der Waals surface area contributed by atoms with Crippen molar-refractivity contribution in [3.8, 4) is 0 Å². The molecule has 1 rings (SSSR count). The van der Waals surface area contributed by atoms with Gasteiger partial charge in [-0.15, -0.1) is 0 Å². The van der Waals surface area contributed by atoms with E-state index in [9.17, 15) is 22.8 Å². The fourth-order valence-electron chi connectivity index (χ4n) is 1.25. The van der Waals surface area contributed by atoms with Gasteiger partial charge >= 0.3 is 18.2 Å². The van der Waals surface area contributed by atoms with Crippen LogP contribution in [0.3, 0.4) is 0 Å². The summed E-state index contributed by atoms with van der Waals surface area (Å²) in [4.78, 5) is 21.8. The van der Waals surface area contributed by atoms with Crippen molar-refractivity contribution in [2.45, 2.75) is 43.9 Å². The van der Waals surface area contributed by atoms with Crippen molar-refractivity contribution < 1.29 is 27.9 Å². The highest BCUT2D eigenvalue weighted by Gasteiger charge is 2.58. The molecule has 8 heteroatoms. The van der Waals surface area contributed by atoms with Gasteiger partial charge in [-0.25, -0.2) is 9.59 Å². The predicted molar refractivity (Wildman–Crippen MR) is 51.4 cm³/mol. The van der Waals surface area contributed by atoms with Crippen LogP contribution in [0.1, 0.15) is 26.2 Å². The van der Waals surface area contributed by atoms with Crippen LogP contribution < -0.4 is 10.6 Å². The lowest BCUT2D eigenvalue weighted by molar-refractivity contribution is -0.203. The molecule has 0 aliphatic heterocycles. The van der Waals surface area contributed by atoms with E-state index in [0.717, 1.165) is 6.42 Å². The first-order valence-corrected chi connectivity index (χ1v) is 5.05. The summed E-state index contributed by atoms with van der Waals surface area (Å²) in [5.74, 6) is -2.14. The predicted octanol–water partition coefficient (Wildman–Crippen LogP) is 1.24. The number of amides is 2. The van der Waals surface area contributed by atoms with E-state index in [-0.39, 0.29) is 6.04 Å². The Morgan fingerprint density at radius 1 is 1.29 bits per heavy atom. The average Bonchev–Trinajstić information content (AvgIpc) is 2.09. The van der Waals surface area contributed by atoms with Crippen molar-refractivity contribution >= 4 is 12.0 Å². The molecule has 1 saturated carbocycles. The van der Waals surface area contributed by atoms with E-state index in [1.54, 1.807) is 0 Å². The minimum absolute atomic E-state index is 0.165. The van der Waals surface area contributed by atoms with Gasteiger partial charge in [-0.1, -0.05) is 0 Å². The summed E-state index contributed by atoms with van der Waals surface area (Å²) in [7, 11) is 0. The first kappa shape index (κ1) is 13.6. The monoisotopic (exact) mass is 254 g/mol. The standard InChI is InChI=1S/C9H13F3N2O3/c1-8(6(15)16,9(10,11)12)14-7(17)13-5-3-2-4-5/h5H,2-4H2,1H3,(H,15,16)(H2,13,14,17). The first-order chi connectivity index (χ1) is 7.67. The Morgan fingerprint density at radius 3 is 2.12 bits per heavy atom. The van der Waals surface area contributed by atoms with Crippen LogP contribution in [0.25, 0.3) is 0 Å². The minimum Gasteiger partial charge on any atom is -0.479 e. The maximum Gasteiger partial charge on any atom is 0.422 e. The van der Waals surface area contributed by atoms with Gasteiger partial charge < -0.3 is 15.7 Å². The number of carboxylic acid groups (broad SMARTS) is 1. The number of carbonyl (C=O) groups excluding carboxylic acids is 1. The highest BCUT2D eigenvalue weighted by atomic mass is 19.4. The van der Waals surface area contributed by atoms with Crippen molar-refractivity contribution in [3.05, 3.63) is 0 Å². The van der Waals surface area contributed by atoms with Crippen molar-refractivity contribution in [1.82, 2.24) is 10.6 Å². The lowest BCUT2D eigenvalue weighted by atomic mass is 9.93. The Bertz CT molecular complexity index is 328. The van der Waals surface area contributed by atoms with Crippen molar-refractivity contribution in [2.75, 3.05) is 0 Å². The second-order valence-electron chi connectivity index (χ2n) is 4.15. The highest BCUT2D eigenvalue weighted by molar-refractivity contribution is 5.86. The number of carbonyl (C=O) groups is 2. The number of nitrogens with one attached hydrogen (secondary N) is 2. The van der Waals surface area contributed by atoms with Crippen molar-refractivity contribution in [2.24, 2.45) is 0 Å². The fraction of sp³-hybridized carbons (Fsp3) is 0.778. The molecule has 0 heterocycles. The molecule has 0 saturated heterocycles. The molecule has 98 valence electrons. The van der Waals surface area contributed by atoms with Crippen LogP contribution in [-0.2, 0) is 4.79 Å². The summed E-state index contributed by atoms with van der Waals surface area (Å²) in [5, 5.41) is 12.3. The van der Waals surface area contributed by atoms with E-state index in [2.05, 4.69) is 5.32 Å². The second-order valence-corrected chi connectivity index (χ2v) is 4.15. The summed E-state index contributed by atoms with van der Waals surface area (Å²) in [6.45, 7) is 0.412. The number of halogens is 3. The zero-order chi connectivity index (χ0) is 13.3. The second kappa shape index (κ2) is 4.42. The maximum atomic E-state index is 12.5. The molecule has 2 amide bonds. The lowest BCUT2D eigenvalue weighted by Gasteiger charge is -2.31. The van der Waals surface area contributed by atoms with Crippen LogP contribution in [0.2, 0.25) is 0 Å². The van der Waals surface area contributed by atoms with E-state index in [4.69, 9.17) is 5.11 Å². The number of hydrogen-bond donors (Lipinski definition) is 3. The molecule has 1 unspecified atom stereocenters. The molecule has 0 aromatic rings. The molecule has 1 aliphatic rings. The Morgan fingerprint density at radius 2 is 1.82 bits per heavy atom. The summed E-state index contributed by atoms with van der Waals surface area (Å²) in [6.07, 6.45) is -2.76. The Hall–Kier alpha value is -1.47. The van der Waals surface area contributed by atoms with Crippen LogP contribution in [0.5, 0.6) is 0 Å². The molecule has 3 N–H and O–H groups in total. The summed E-state index contributed by atoms with van der Waals surface area (Å²) < 4.78 is 37.6. The smallest absolute Gasteiger partial charge is 0.422 e. The molecular weight excluding hydrogens is 241 g/mol. The molecule has 5 nitrogen and oxygen atoms in total. The molecule has 1 atom stereocenters. The van der Waals surface area contributed by atoms with E-state index in [1.807, 2.05) is 0 Å². The third-order valence-electron chi connectivity index (χ3n) is 2.80. The quantitative estimate of drug-likeness (QED) is 0.709. The van der Waals surface area contributed by atoms with Gasteiger partial charge in [0.05, 0.1) is 0 Å². The SMILES string of the molecule is CC(NC(=O)NC1CCC1)(C(=O)O)C(F)(F)F. The first-order valence-electron chi connectivity index (χ1n) is 5.05. The molecule has 1 aliphatic carbocycles. The lowest BCUT2D eigenvalue weighted by Crippen LogP contribution is -2.64. The van der Waals surface area contributed by atoms with Crippen LogP contribution in [0.15, 0.2) is 0 Å². The molecule has 17 heavy (non-hydrogen) atoms. The number of hydrogen-bond acceptors (Lipinski definition) is 2. The highest BCUT2D eigenvalue weighted by Crippen LogP contribution is 2.30. The van der Waals surface area contributed by atoms with Gasteiger partial charge in [0.1, 0.15) is 0 Å². The number of rotatable bonds is 3. The molecule has 0 radical (unpaired) electrons. The fourth-order valence-corrected chi connectivity index (χ4v) is 1.25. The third-order valence-corrected chi connectivity index (χ3v) is 2.80. The Kier molecular flexibility index (Phi) is 3.53. The summed E-state index contributed by atoms with van der Waals surface area (Å²) >= 11 is 0. The Balaban J connectivity index is 2.66. The zero-order valence-electron chi connectivity index (χ0n) is 9.10. The van der Waals surface area contributed by atoms with Crippen molar-refractivity contribution in [1.29, 1.82) is 0 Å². The number of aliphatic carboxylic acids is 1. The Labute approximate surface area is 95.4 Å². The van der Waals surface area contributed by atoms with Gasteiger partial charge in [0, 0.05) is 6.04 Å². The third kappa shape index (κ3) is 2.80. The van der Waals surface area contributed by atoms with E-state index in [1.165, 1.54) is 5.32 Å². The molecule has 0 spiro atoms. The van der Waals surface area contributed by atoms with E-state index >= 15 is 0 Å². The van der Waals surface area contributed by atoms with Crippen molar-refractivity contribution in [3.63, 3.8) is 0 Å². The van der Waals surface area contributed by atoms with Gasteiger partial charge in [-0.2, -0.15) is 13.2 Å². The van der Waals surface area contributed by atoms with Gasteiger partial charge in [0.15, 0.2) is 0 Å². The van der Waals surface area contributed by atoms with Crippen LogP contribution >= 0.6 is 0 Å². The number of urea groups is 1. The molecule has 0 bridgehead atoms. The zero-order valence-corrected chi connectivity index (χ0v) is 9.10. The molecular formula is C9H13F3N2O3. The van der Waals surface area contributed by atoms with Gasteiger partial charge in [0.2, 0.25) is 5.54 Å². The normalized spacial score (nSPS) is 20.0. The van der Waals surface area contributed by atoms with Gasteiger partial charge in [-0.3, -0.25) is 0 Å². The van der Waals surface area contributed by atoms with Gasteiger partial charge in [0.25, 0.3) is 0 Å². The topological polar surface area (TPSA) is 78.4 Å². The van der Waals surface area contributed by atoms with Crippen LogP contribution in [0.4, 0.5) is 18.0 Å². The molecule has 0 aromatic carbocycles. The van der Waals surface area contributed by atoms with E-state index < -0.39 is 23.7 Å². The maximum absolute atomic E-state index is 12.5. The minimum atomic E-state index is -5.06. The summed E-state index contributed by atoms with van der Waals surface area (Å²) in [5.41, 5.74) is -3.28. The van der Waals surface area contributed by atoms with Crippen LogP contribution in [-0.4, -0.2) is 34.9 Å². The summed E-state index contributed by atoms with van der Waals surface area (Å²) in [6, 6.07) is -1.28. The molecule has 0 aromatic heterocycles. The van der Waals surface area contributed by atoms with E-state index in [0.29, 0.717) is 19.8 Å².